The summed E-state index contributed by atoms with van der Waals surface area (Å²) < 4.78 is 1.59. The van der Waals surface area contributed by atoms with Gasteiger partial charge < -0.3 is 16.0 Å². The second-order valence-electron chi connectivity index (χ2n) is 7.28. The maximum atomic E-state index is 13.2. The van der Waals surface area contributed by atoms with Gasteiger partial charge in [-0.15, -0.1) is 12.4 Å². The van der Waals surface area contributed by atoms with Crippen molar-refractivity contribution in [3.05, 3.63) is 59.0 Å². The van der Waals surface area contributed by atoms with Gasteiger partial charge in [-0.1, -0.05) is 18.2 Å². The minimum Gasteiger partial charge on any atom is -0.381 e. The van der Waals surface area contributed by atoms with Crippen LogP contribution in [0.25, 0.3) is 16.8 Å². The van der Waals surface area contributed by atoms with Gasteiger partial charge in [0.05, 0.1) is 5.56 Å². The maximum absolute atomic E-state index is 13.2. The lowest BCUT2D eigenvalue weighted by molar-refractivity contribution is 0.793. The average molecular weight is 400 g/mol. The van der Waals surface area contributed by atoms with Crippen LogP contribution >= 0.6 is 12.4 Å². The summed E-state index contributed by atoms with van der Waals surface area (Å²) in [7, 11) is 0. The molecule has 28 heavy (non-hydrogen) atoms. The van der Waals surface area contributed by atoms with E-state index in [0.717, 1.165) is 30.8 Å². The van der Waals surface area contributed by atoms with Gasteiger partial charge >= 0.3 is 0 Å². The van der Waals surface area contributed by atoms with Gasteiger partial charge in [0.2, 0.25) is 0 Å². The molecular weight excluding hydrogens is 374 g/mol. The first-order chi connectivity index (χ1) is 13.1. The zero-order valence-corrected chi connectivity index (χ0v) is 16.9. The molecule has 3 N–H and O–H groups in total. The molecule has 1 atom stereocenters. The molecule has 1 unspecified atom stereocenters. The van der Waals surface area contributed by atoms with Crippen molar-refractivity contribution in [1.29, 1.82) is 0 Å². The molecule has 2 aromatic heterocycles. The first kappa shape index (κ1) is 20.2. The quantitative estimate of drug-likeness (QED) is 0.613. The number of hydrogen-bond donors (Lipinski definition) is 3. The minimum atomic E-state index is -0.0653. The van der Waals surface area contributed by atoms with Crippen molar-refractivity contribution in [2.24, 2.45) is 0 Å². The van der Waals surface area contributed by atoms with E-state index in [0.29, 0.717) is 23.1 Å². The molecule has 1 aromatic carbocycles. The van der Waals surface area contributed by atoms with Crippen molar-refractivity contribution in [2.45, 2.75) is 32.4 Å². The van der Waals surface area contributed by atoms with E-state index in [1.54, 1.807) is 10.6 Å². The van der Waals surface area contributed by atoms with Crippen LogP contribution in [0.4, 0.5) is 11.5 Å². The molecule has 0 bridgehead atoms. The number of fused-ring (bicyclic) bond motifs is 1. The van der Waals surface area contributed by atoms with Crippen LogP contribution in [-0.2, 0) is 0 Å². The molecule has 0 radical (unpaired) electrons. The number of benzene rings is 1. The first-order valence-electron chi connectivity index (χ1n) is 9.47. The predicted molar refractivity (Wildman–Crippen MR) is 118 cm³/mol. The van der Waals surface area contributed by atoms with E-state index >= 15 is 0 Å². The second-order valence-corrected chi connectivity index (χ2v) is 7.28. The Kier molecular flexibility index (Phi) is 6.21. The highest BCUT2D eigenvalue weighted by molar-refractivity contribution is 5.85. The van der Waals surface area contributed by atoms with Crippen molar-refractivity contribution in [3.63, 3.8) is 0 Å². The predicted octanol–water partition coefficient (Wildman–Crippen LogP) is 3.38. The average Bonchev–Trinajstić information content (AvgIpc) is 3.16. The Morgan fingerprint density at radius 1 is 1.18 bits per heavy atom. The zero-order chi connectivity index (χ0) is 18.8. The van der Waals surface area contributed by atoms with Crippen molar-refractivity contribution in [1.82, 2.24) is 14.7 Å². The summed E-state index contributed by atoms with van der Waals surface area (Å²) in [5.41, 5.74) is 3.11. The third-order valence-corrected chi connectivity index (χ3v) is 4.76. The van der Waals surface area contributed by atoms with E-state index in [9.17, 15) is 4.79 Å². The fourth-order valence-electron chi connectivity index (χ4n) is 3.47. The fourth-order valence-corrected chi connectivity index (χ4v) is 3.47. The number of rotatable bonds is 5. The number of anilines is 2. The van der Waals surface area contributed by atoms with E-state index < -0.39 is 0 Å². The molecule has 0 aliphatic carbocycles. The van der Waals surface area contributed by atoms with E-state index in [-0.39, 0.29) is 24.0 Å². The molecule has 1 aliphatic rings. The topological polar surface area (TPSA) is 70.5 Å². The molecule has 3 heterocycles. The molecule has 4 rings (SSSR count). The second kappa shape index (κ2) is 8.63. The molecule has 7 heteroatoms. The Bertz CT molecular complexity index is 994. The highest BCUT2D eigenvalue weighted by Gasteiger charge is 2.17. The summed E-state index contributed by atoms with van der Waals surface area (Å²) in [4.78, 5) is 17.8. The van der Waals surface area contributed by atoms with Gasteiger partial charge in [-0.2, -0.15) is 0 Å². The molecule has 0 spiro atoms. The minimum absolute atomic E-state index is 0. The van der Waals surface area contributed by atoms with Crippen LogP contribution < -0.4 is 21.5 Å². The molecule has 0 amide bonds. The summed E-state index contributed by atoms with van der Waals surface area (Å²) in [5.74, 6) is 0.627. The van der Waals surface area contributed by atoms with Crippen LogP contribution in [0.15, 0.2) is 53.5 Å². The number of nitrogens with zero attached hydrogens (tertiary/aromatic N) is 2. The summed E-state index contributed by atoms with van der Waals surface area (Å²) in [6.07, 6.45) is 2.89. The smallest absolute Gasteiger partial charge is 0.267 e. The van der Waals surface area contributed by atoms with Crippen LogP contribution in [0.2, 0.25) is 0 Å². The summed E-state index contributed by atoms with van der Waals surface area (Å²) in [5, 5.41) is 10.2. The Morgan fingerprint density at radius 3 is 2.64 bits per heavy atom. The Labute approximate surface area is 170 Å². The molecule has 3 aromatic rings. The lowest BCUT2D eigenvalue weighted by Gasteiger charge is -2.16. The zero-order valence-electron chi connectivity index (χ0n) is 16.1. The third kappa shape index (κ3) is 4.13. The highest BCUT2D eigenvalue weighted by Crippen LogP contribution is 2.26. The number of hydrogen-bond acceptors (Lipinski definition) is 5. The van der Waals surface area contributed by atoms with Crippen molar-refractivity contribution in [3.8, 4) is 11.1 Å². The Morgan fingerprint density at radius 2 is 1.96 bits per heavy atom. The summed E-state index contributed by atoms with van der Waals surface area (Å²) >= 11 is 0. The third-order valence-electron chi connectivity index (χ3n) is 4.76. The first-order valence-corrected chi connectivity index (χ1v) is 9.47. The molecule has 1 saturated heterocycles. The van der Waals surface area contributed by atoms with Gasteiger partial charge in [-0.3, -0.25) is 9.20 Å². The molecule has 6 nitrogen and oxygen atoms in total. The fraction of sp³-hybridized carbons (Fsp3) is 0.333. The van der Waals surface area contributed by atoms with Gasteiger partial charge in [0.25, 0.3) is 5.56 Å². The largest absolute Gasteiger partial charge is 0.381 e. The maximum Gasteiger partial charge on any atom is 0.267 e. The van der Waals surface area contributed by atoms with Gasteiger partial charge in [0, 0.05) is 30.5 Å². The molecular formula is C21H26ClN5O. The molecule has 1 fully saturated rings. The SMILES string of the molecule is CC(C)Nc1nc2ccccn2c(=O)c1-c1ccc(NC2CCNC2)cc1.Cl. The van der Waals surface area contributed by atoms with Crippen LogP contribution in [0.1, 0.15) is 20.3 Å². The van der Waals surface area contributed by atoms with E-state index in [1.807, 2.05) is 56.3 Å². The van der Waals surface area contributed by atoms with Crippen LogP contribution in [0, 0.1) is 0 Å². The van der Waals surface area contributed by atoms with E-state index in [4.69, 9.17) is 0 Å². The molecule has 148 valence electrons. The van der Waals surface area contributed by atoms with Gasteiger partial charge in [0.1, 0.15) is 11.5 Å². The molecule has 1 aliphatic heterocycles. The van der Waals surface area contributed by atoms with Crippen LogP contribution in [0.5, 0.6) is 0 Å². The lowest BCUT2D eigenvalue weighted by atomic mass is 10.1. The van der Waals surface area contributed by atoms with Crippen LogP contribution in [0.3, 0.4) is 0 Å². The summed E-state index contributed by atoms with van der Waals surface area (Å²) in [6, 6.07) is 14.3. The molecule has 0 saturated carbocycles. The van der Waals surface area contributed by atoms with E-state index in [2.05, 4.69) is 20.9 Å². The van der Waals surface area contributed by atoms with Gasteiger partial charge in [-0.25, -0.2) is 4.98 Å². The van der Waals surface area contributed by atoms with Crippen molar-refractivity contribution in [2.75, 3.05) is 23.7 Å². The number of halogens is 1. The number of nitrogens with one attached hydrogen (secondary N) is 3. The summed E-state index contributed by atoms with van der Waals surface area (Å²) in [6.45, 7) is 6.13. The normalized spacial score (nSPS) is 16.2. The standard InChI is InChI=1S/C21H25N5O.ClH/c1-14(2)23-20-19(21(27)26-12-4-3-5-18(26)25-20)15-6-8-16(9-7-15)24-17-10-11-22-13-17;/h3-9,12,14,17,22-24H,10-11,13H2,1-2H3;1H. The van der Waals surface area contributed by atoms with Gasteiger partial charge in [0.15, 0.2) is 0 Å². The van der Waals surface area contributed by atoms with E-state index in [1.165, 1.54) is 0 Å². The number of pyridine rings is 1. The highest BCUT2D eigenvalue weighted by atomic mass is 35.5. The Balaban J connectivity index is 0.00000225. The number of aromatic nitrogens is 2. The van der Waals surface area contributed by atoms with Crippen molar-refractivity contribution >= 4 is 29.6 Å². The Hall–Kier alpha value is -2.57. The monoisotopic (exact) mass is 399 g/mol. The van der Waals surface area contributed by atoms with Gasteiger partial charge in [-0.05, 0) is 56.6 Å². The lowest BCUT2D eigenvalue weighted by Crippen LogP contribution is -2.22. The van der Waals surface area contributed by atoms with Crippen LogP contribution in [-0.4, -0.2) is 34.6 Å². The van der Waals surface area contributed by atoms with Crippen molar-refractivity contribution < 1.29 is 0 Å².